The Hall–Kier alpha value is -2.55. The molecule has 1 aromatic heterocycles. The van der Waals surface area contributed by atoms with Crippen LogP contribution >= 0.6 is 23.2 Å². The van der Waals surface area contributed by atoms with E-state index in [1.165, 1.54) is 30.5 Å². The third-order valence-electron chi connectivity index (χ3n) is 4.79. The molecule has 1 atom stereocenters. The van der Waals surface area contributed by atoms with Gasteiger partial charge in [-0.3, -0.25) is 9.48 Å². The molecule has 0 aliphatic rings. The fourth-order valence-corrected chi connectivity index (χ4v) is 3.80. The van der Waals surface area contributed by atoms with E-state index in [-0.39, 0.29) is 29.1 Å². The highest BCUT2D eigenvalue weighted by molar-refractivity contribution is 6.36. The van der Waals surface area contributed by atoms with E-state index in [4.69, 9.17) is 28.9 Å². The number of nitrogens with two attached hydrogens (primary N) is 1. The number of rotatable bonds is 6. The van der Waals surface area contributed by atoms with Crippen LogP contribution in [-0.4, -0.2) is 28.3 Å². The molecule has 0 radical (unpaired) electrons. The highest BCUT2D eigenvalue weighted by Crippen LogP contribution is 2.34. The molecule has 5 nitrogen and oxygen atoms in total. The number of aromatic nitrogens is 2. The van der Waals surface area contributed by atoms with Gasteiger partial charge in [0.25, 0.3) is 5.91 Å². The first-order chi connectivity index (χ1) is 14.6. The third-order valence-corrected chi connectivity index (χ3v) is 5.38. The van der Waals surface area contributed by atoms with E-state index >= 15 is 0 Å². The van der Waals surface area contributed by atoms with Gasteiger partial charge in [0, 0.05) is 30.8 Å². The molecule has 0 unspecified atom stereocenters. The average Bonchev–Trinajstić information content (AvgIpc) is 3.05. The molecule has 31 heavy (non-hydrogen) atoms. The molecule has 1 amide bonds. The van der Waals surface area contributed by atoms with Crippen molar-refractivity contribution in [3.63, 3.8) is 0 Å². The Bertz CT molecular complexity index is 1080. The van der Waals surface area contributed by atoms with Gasteiger partial charge in [0.1, 0.15) is 0 Å². The number of benzene rings is 2. The molecular formula is C21H19Cl2F3N4O. The van der Waals surface area contributed by atoms with E-state index in [9.17, 15) is 18.0 Å². The number of halogens is 5. The van der Waals surface area contributed by atoms with Crippen molar-refractivity contribution < 1.29 is 18.0 Å². The van der Waals surface area contributed by atoms with Crippen LogP contribution < -0.4 is 11.1 Å². The predicted octanol–water partition coefficient (Wildman–Crippen LogP) is 4.71. The number of nitrogens with one attached hydrogen (secondary N) is 1. The van der Waals surface area contributed by atoms with Gasteiger partial charge >= 0.3 is 6.18 Å². The molecule has 0 saturated heterocycles. The second-order valence-electron chi connectivity index (χ2n) is 6.92. The number of carbonyl (C=O) groups is 1. The zero-order chi connectivity index (χ0) is 22.8. The van der Waals surface area contributed by atoms with Crippen molar-refractivity contribution in [2.75, 3.05) is 6.54 Å². The Balaban J connectivity index is 1.79. The van der Waals surface area contributed by atoms with Crippen LogP contribution in [0.1, 0.15) is 21.5 Å². The van der Waals surface area contributed by atoms with Crippen molar-refractivity contribution in [2.24, 2.45) is 12.8 Å². The van der Waals surface area contributed by atoms with E-state index in [2.05, 4.69) is 10.4 Å². The van der Waals surface area contributed by atoms with E-state index in [0.717, 1.165) is 6.07 Å². The number of alkyl halides is 3. The van der Waals surface area contributed by atoms with Gasteiger partial charge in [-0.25, -0.2) is 0 Å². The quantitative estimate of drug-likeness (QED) is 0.547. The monoisotopic (exact) mass is 470 g/mol. The maximum absolute atomic E-state index is 13.2. The molecule has 0 fully saturated rings. The Labute approximate surface area is 186 Å². The van der Waals surface area contributed by atoms with Crippen molar-refractivity contribution >= 4 is 29.1 Å². The predicted molar refractivity (Wildman–Crippen MR) is 114 cm³/mol. The largest absolute Gasteiger partial charge is 0.416 e. The first-order valence-electron chi connectivity index (χ1n) is 9.25. The maximum atomic E-state index is 13.2. The lowest BCUT2D eigenvalue weighted by molar-refractivity contribution is -0.138. The molecule has 1 heterocycles. The zero-order valence-electron chi connectivity index (χ0n) is 16.4. The van der Waals surface area contributed by atoms with Crippen molar-refractivity contribution in [1.82, 2.24) is 15.1 Å². The van der Waals surface area contributed by atoms with E-state index in [1.54, 1.807) is 23.9 Å². The summed E-state index contributed by atoms with van der Waals surface area (Å²) in [6.07, 6.45) is -3.07. The summed E-state index contributed by atoms with van der Waals surface area (Å²) in [4.78, 5) is 12.7. The van der Waals surface area contributed by atoms with Crippen LogP contribution in [0.15, 0.2) is 48.7 Å². The smallest absolute Gasteiger partial charge is 0.348 e. The summed E-state index contributed by atoms with van der Waals surface area (Å²) >= 11 is 12.5. The summed E-state index contributed by atoms with van der Waals surface area (Å²) in [7, 11) is 1.71. The molecule has 0 aliphatic heterocycles. The Morgan fingerprint density at radius 2 is 1.90 bits per heavy atom. The second kappa shape index (κ2) is 9.30. The first-order valence-corrected chi connectivity index (χ1v) is 10.0. The third kappa shape index (κ3) is 5.20. The standard InChI is InChI=1S/C21H19Cl2F3N4O/c1-30-19(18(23)11-28-30)15-7-6-13(9-17(15)22)20(31)29-14(10-27)8-12-4-2-3-5-16(12)21(24,25)26/h2-7,9,11,14H,8,10,27H2,1H3,(H,29,31)/t14-/m1/s1. The Kier molecular flexibility index (Phi) is 6.93. The molecule has 10 heteroatoms. The van der Waals surface area contributed by atoms with Crippen LogP contribution in [0.3, 0.4) is 0 Å². The highest BCUT2D eigenvalue weighted by Gasteiger charge is 2.33. The lowest BCUT2D eigenvalue weighted by Gasteiger charge is -2.20. The lowest BCUT2D eigenvalue weighted by atomic mass is 9.99. The first kappa shape index (κ1) is 23.1. The Morgan fingerprint density at radius 3 is 2.48 bits per heavy atom. The van der Waals surface area contributed by atoms with E-state index in [0.29, 0.717) is 16.3 Å². The van der Waals surface area contributed by atoms with Crippen molar-refractivity contribution in [3.05, 3.63) is 75.4 Å². The number of nitrogens with zero attached hydrogens (tertiary/aromatic N) is 2. The van der Waals surface area contributed by atoms with Crippen LogP contribution in [0.5, 0.6) is 0 Å². The molecule has 0 bridgehead atoms. The fourth-order valence-electron chi connectivity index (χ4n) is 3.26. The summed E-state index contributed by atoms with van der Waals surface area (Å²) in [5.41, 5.74) is 6.46. The maximum Gasteiger partial charge on any atom is 0.416 e. The van der Waals surface area contributed by atoms with E-state index in [1.807, 2.05) is 0 Å². The lowest BCUT2D eigenvalue weighted by Crippen LogP contribution is -2.42. The SMILES string of the molecule is Cn1ncc(Cl)c1-c1ccc(C(=O)N[C@@H](CN)Cc2ccccc2C(F)(F)F)cc1Cl. The summed E-state index contributed by atoms with van der Waals surface area (Å²) in [5, 5.41) is 7.43. The van der Waals surface area contributed by atoms with Gasteiger partial charge in [-0.1, -0.05) is 47.5 Å². The molecule has 0 spiro atoms. The van der Waals surface area contributed by atoms with Gasteiger partial charge in [-0.2, -0.15) is 18.3 Å². The number of amides is 1. The topological polar surface area (TPSA) is 72.9 Å². The minimum atomic E-state index is -4.49. The van der Waals surface area contributed by atoms with Crippen LogP contribution in [0, 0.1) is 0 Å². The van der Waals surface area contributed by atoms with Crippen molar-refractivity contribution in [2.45, 2.75) is 18.6 Å². The van der Waals surface area contributed by atoms with Gasteiger partial charge in [-0.05, 0) is 30.2 Å². The zero-order valence-corrected chi connectivity index (χ0v) is 17.9. The fraction of sp³-hybridized carbons (Fsp3) is 0.238. The van der Waals surface area contributed by atoms with Crippen LogP contribution in [0.2, 0.25) is 10.0 Å². The molecule has 3 aromatic rings. The van der Waals surface area contributed by atoms with Crippen molar-refractivity contribution in [3.8, 4) is 11.3 Å². The Morgan fingerprint density at radius 1 is 1.19 bits per heavy atom. The van der Waals surface area contributed by atoms with Crippen LogP contribution in [-0.2, 0) is 19.6 Å². The summed E-state index contributed by atoms with van der Waals surface area (Å²) < 4.78 is 41.3. The van der Waals surface area contributed by atoms with E-state index < -0.39 is 23.7 Å². The van der Waals surface area contributed by atoms with Gasteiger partial charge in [0.2, 0.25) is 0 Å². The van der Waals surface area contributed by atoms with Crippen LogP contribution in [0.4, 0.5) is 13.2 Å². The van der Waals surface area contributed by atoms with Gasteiger partial charge < -0.3 is 11.1 Å². The molecule has 0 saturated carbocycles. The molecule has 164 valence electrons. The summed E-state index contributed by atoms with van der Waals surface area (Å²) in [5.74, 6) is -0.496. The number of hydrogen-bond acceptors (Lipinski definition) is 3. The molecule has 3 rings (SSSR count). The number of carbonyl (C=O) groups excluding carboxylic acids is 1. The highest BCUT2D eigenvalue weighted by atomic mass is 35.5. The van der Waals surface area contributed by atoms with Gasteiger partial charge in [-0.15, -0.1) is 0 Å². The van der Waals surface area contributed by atoms with Crippen LogP contribution in [0.25, 0.3) is 11.3 Å². The average molecular weight is 471 g/mol. The summed E-state index contributed by atoms with van der Waals surface area (Å²) in [6.45, 7) is -0.0334. The summed E-state index contributed by atoms with van der Waals surface area (Å²) in [6, 6.07) is 9.18. The minimum Gasteiger partial charge on any atom is -0.348 e. The number of aryl methyl sites for hydroxylation is 1. The molecule has 3 N–H and O–H groups in total. The molecule has 2 aromatic carbocycles. The molecular weight excluding hydrogens is 452 g/mol. The van der Waals surface area contributed by atoms with Gasteiger partial charge in [0.05, 0.1) is 27.5 Å². The minimum absolute atomic E-state index is 0.0334. The van der Waals surface area contributed by atoms with Crippen molar-refractivity contribution in [1.29, 1.82) is 0 Å². The number of hydrogen-bond donors (Lipinski definition) is 2. The second-order valence-corrected chi connectivity index (χ2v) is 7.74. The molecule has 0 aliphatic carbocycles. The van der Waals surface area contributed by atoms with Gasteiger partial charge in [0.15, 0.2) is 0 Å². The normalized spacial score (nSPS) is 12.6.